The highest BCUT2D eigenvalue weighted by molar-refractivity contribution is 6.03. The van der Waals surface area contributed by atoms with Gasteiger partial charge in [0.15, 0.2) is 0 Å². The molecule has 0 unspecified atom stereocenters. The highest BCUT2D eigenvalue weighted by Gasteiger charge is 2.22. The summed E-state index contributed by atoms with van der Waals surface area (Å²) in [4.78, 5) is 17.1. The molecule has 1 aliphatic carbocycles. The molecule has 1 N–H and O–H groups in total. The summed E-state index contributed by atoms with van der Waals surface area (Å²) in [6.45, 7) is 2.11. The van der Waals surface area contributed by atoms with E-state index in [1.807, 2.05) is 12.1 Å². The summed E-state index contributed by atoms with van der Waals surface area (Å²) in [6.07, 6.45) is 1.63. The summed E-state index contributed by atoms with van der Waals surface area (Å²) in [6, 6.07) is 14.0. The normalized spacial score (nSPS) is 18.8. The highest BCUT2D eigenvalue weighted by atomic mass is 16.7. The van der Waals surface area contributed by atoms with Gasteiger partial charge in [0.25, 0.3) is 0 Å². The van der Waals surface area contributed by atoms with Crippen molar-refractivity contribution in [3.05, 3.63) is 65.2 Å². The molecular weight excluding hydrogens is 278 g/mol. The number of oxime groups is 1. The molecule has 0 saturated carbocycles. The third-order valence-electron chi connectivity index (χ3n) is 3.76. The minimum absolute atomic E-state index is 0.244. The molecule has 2 aromatic rings. The van der Waals surface area contributed by atoms with Crippen LogP contribution in [0.2, 0.25) is 0 Å². The minimum Gasteiger partial charge on any atom is -0.508 e. The van der Waals surface area contributed by atoms with Gasteiger partial charge in [0, 0.05) is 5.56 Å². The third-order valence-corrected chi connectivity index (χ3v) is 3.76. The number of phenols is 1. The predicted molar refractivity (Wildman–Crippen MR) is 84.0 cm³/mol. The van der Waals surface area contributed by atoms with Gasteiger partial charge in [0.1, 0.15) is 5.75 Å². The average molecular weight is 295 g/mol. The van der Waals surface area contributed by atoms with Gasteiger partial charge in [-0.05, 0) is 54.7 Å². The lowest BCUT2D eigenvalue weighted by atomic mass is 9.83. The van der Waals surface area contributed by atoms with Gasteiger partial charge in [-0.2, -0.15) is 0 Å². The monoisotopic (exact) mass is 295 g/mol. The van der Waals surface area contributed by atoms with E-state index in [2.05, 4.69) is 12.1 Å². The minimum atomic E-state index is -0.466. The number of phenolic OH excluding ortho intramolecular Hbond substituents is 1. The quantitative estimate of drug-likeness (QED) is 0.681. The SMILES string of the molecule is C[C@@H]1C/C(=N\OC(=O)c2ccccc2)c2ccc(O)cc2C1. The Labute approximate surface area is 129 Å². The molecule has 1 atom stereocenters. The van der Waals surface area contributed by atoms with Gasteiger partial charge in [-0.3, -0.25) is 0 Å². The van der Waals surface area contributed by atoms with E-state index < -0.39 is 5.97 Å². The van der Waals surface area contributed by atoms with Gasteiger partial charge < -0.3 is 9.94 Å². The summed E-state index contributed by atoms with van der Waals surface area (Å²) >= 11 is 0. The second-order valence-electron chi connectivity index (χ2n) is 5.64. The topological polar surface area (TPSA) is 58.9 Å². The molecule has 4 nitrogen and oxygen atoms in total. The molecule has 0 fully saturated rings. The lowest BCUT2D eigenvalue weighted by Crippen LogP contribution is -2.19. The van der Waals surface area contributed by atoms with Crippen molar-refractivity contribution in [3.63, 3.8) is 0 Å². The Kier molecular flexibility index (Phi) is 3.92. The fourth-order valence-electron chi connectivity index (χ4n) is 2.73. The number of carbonyl (C=O) groups is 1. The first-order valence-electron chi connectivity index (χ1n) is 7.29. The van der Waals surface area contributed by atoms with Gasteiger partial charge in [-0.15, -0.1) is 0 Å². The number of fused-ring (bicyclic) bond motifs is 1. The number of hydrogen-bond acceptors (Lipinski definition) is 4. The molecule has 0 aromatic heterocycles. The van der Waals surface area contributed by atoms with E-state index in [1.54, 1.807) is 36.4 Å². The molecule has 22 heavy (non-hydrogen) atoms. The van der Waals surface area contributed by atoms with Crippen LogP contribution in [0.3, 0.4) is 0 Å². The molecule has 0 heterocycles. The van der Waals surface area contributed by atoms with Crippen LogP contribution in [-0.2, 0) is 11.3 Å². The first kappa shape index (κ1) is 14.3. The Morgan fingerprint density at radius 3 is 2.73 bits per heavy atom. The second-order valence-corrected chi connectivity index (χ2v) is 5.64. The van der Waals surface area contributed by atoms with Crippen molar-refractivity contribution in [2.75, 3.05) is 0 Å². The van der Waals surface area contributed by atoms with Crippen LogP contribution in [0.25, 0.3) is 0 Å². The Morgan fingerprint density at radius 1 is 1.18 bits per heavy atom. The van der Waals surface area contributed by atoms with Gasteiger partial charge in [-0.1, -0.05) is 30.3 Å². The van der Waals surface area contributed by atoms with Crippen molar-refractivity contribution < 1.29 is 14.7 Å². The van der Waals surface area contributed by atoms with Gasteiger partial charge in [0.05, 0.1) is 11.3 Å². The van der Waals surface area contributed by atoms with Gasteiger partial charge in [0.2, 0.25) is 0 Å². The Hall–Kier alpha value is -2.62. The number of benzene rings is 2. The smallest absolute Gasteiger partial charge is 0.365 e. The van der Waals surface area contributed by atoms with Crippen molar-refractivity contribution in [2.45, 2.75) is 19.8 Å². The molecule has 1 aliphatic rings. The maximum absolute atomic E-state index is 12.0. The second kappa shape index (κ2) is 6.02. The molecule has 0 bridgehead atoms. The zero-order chi connectivity index (χ0) is 15.5. The molecule has 4 heteroatoms. The third kappa shape index (κ3) is 3.01. The Morgan fingerprint density at radius 2 is 1.95 bits per heavy atom. The molecule has 3 rings (SSSR count). The molecular formula is C18H17NO3. The fourth-order valence-corrected chi connectivity index (χ4v) is 2.73. The maximum Gasteiger partial charge on any atom is 0.365 e. The first-order valence-corrected chi connectivity index (χ1v) is 7.29. The van der Waals surface area contributed by atoms with E-state index >= 15 is 0 Å². The molecule has 0 spiro atoms. The number of hydrogen-bond donors (Lipinski definition) is 1. The van der Waals surface area contributed by atoms with Crippen LogP contribution in [0, 0.1) is 5.92 Å². The van der Waals surface area contributed by atoms with Gasteiger partial charge in [-0.25, -0.2) is 4.79 Å². The molecule has 2 aromatic carbocycles. The molecule has 0 saturated heterocycles. The fraction of sp³-hybridized carbons (Fsp3) is 0.222. The largest absolute Gasteiger partial charge is 0.508 e. The number of rotatable bonds is 2. The Balaban J connectivity index is 1.84. The summed E-state index contributed by atoms with van der Waals surface area (Å²) in [5.74, 6) is 0.170. The lowest BCUT2D eigenvalue weighted by molar-refractivity contribution is 0.0515. The molecule has 112 valence electrons. The van der Waals surface area contributed by atoms with Crippen LogP contribution >= 0.6 is 0 Å². The summed E-state index contributed by atoms with van der Waals surface area (Å²) in [7, 11) is 0. The van der Waals surface area contributed by atoms with Crippen molar-refractivity contribution in [2.24, 2.45) is 11.1 Å². The maximum atomic E-state index is 12.0. The molecule has 0 aliphatic heterocycles. The van der Waals surface area contributed by atoms with Crippen LogP contribution < -0.4 is 0 Å². The standard InChI is InChI=1S/C18H17NO3/c1-12-9-14-11-15(20)7-8-16(14)17(10-12)19-22-18(21)13-5-3-2-4-6-13/h2-8,11-12,20H,9-10H2,1H3/b19-17+/t12-/m0/s1. The van der Waals surface area contributed by atoms with Crippen molar-refractivity contribution >= 4 is 11.7 Å². The van der Waals surface area contributed by atoms with Crippen LogP contribution in [0.15, 0.2) is 53.7 Å². The van der Waals surface area contributed by atoms with Crippen LogP contribution in [0.4, 0.5) is 0 Å². The highest BCUT2D eigenvalue weighted by Crippen LogP contribution is 2.28. The van der Waals surface area contributed by atoms with E-state index in [9.17, 15) is 9.90 Å². The first-order chi connectivity index (χ1) is 10.6. The number of aromatic hydroxyl groups is 1. The van der Waals surface area contributed by atoms with E-state index in [-0.39, 0.29) is 5.75 Å². The van der Waals surface area contributed by atoms with E-state index in [4.69, 9.17) is 4.84 Å². The van der Waals surface area contributed by atoms with Crippen LogP contribution in [0.1, 0.15) is 34.8 Å². The van der Waals surface area contributed by atoms with Crippen LogP contribution in [-0.4, -0.2) is 16.8 Å². The number of carbonyl (C=O) groups excluding carboxylic acids is 1. The summed E-state index contributed by atoms with van der Waals surface area (Å²) < 4.78 is 0. The van der Waals surface area contributed by atoms with E-state index in [0.29, 0.717) is 11.5 Å². The zero-order valence-electron chi connectivity index (χ0n) is 12.3. The van der Waals surface area contributed by atoms with E-state index in [0.717, 1.165) is 29.7 Å². The van der Waals surface area contributed by atoms with E-state index in [1.165, 1.54) is 0 Å². The summed E-state index contributed by atoms with van der Waals surface area (Å²) in [5.41, 5.74) is 3.20. The van der Waals surface area contributed by atoms with Gasteiger partial charge >= 0.3 is 5.97 Å². The number of nitrogens with zero attached hydrogens (tertiary/aromatic N) is 1. The molecule has 0 amide bonds. The Bertz CT molecular complexity index is 722. The van der Waals surface area contributed by atoms with Crippen molar-refractivity contribution in [1.82, 2.24) is 0 Å². The van der Waals surface area contributed by atoms with Crippen molar-refractivity contribution in [3.8, 4) is 5.75 Å². The summed E-state index contributed by atoms with van der Waals surface area (Å²) in [5, 5.41) is 13.7. The predicted octanol–water partition coefficient (Wildman–Crippen LogP) is 3.54. The van der Waals surface area contributed by atoms with Crippen LogP contribution in [0.5, 0.6) is 5.75 Å². The lowest BCUT2D eigenvalue weighted by Gasteiger charge is -2.22. The zero-order valence-corrected chi connectivity index (χ0v) is 12.3. The van der Waals surface area contributed by atoms with Crippen molar-refractivity contribution in [1.29, 1.82) is 0 Å². The molecule has 0 radical (unpaired) electrons. The average Bonchev–Trinajstić information content (AvgIpc) is 2.52.